The van der Waals surface area contributed by atoms with Crippen LogP contribution in [-0.2, 0) is 10.2 Å². The van der Waals surface area contributed by atoms with Crippen LogP contribution in [-0.4, -0.2) is 30.4 Å². The average Bonchev–Trinajstić information content (AvgIpc) is 3.37. The maximum Gasteiger partial charge on any atom is 0.233 e. The van der Waals surface area contributed by atoms with Crippen LogP contribution in [0.25, 0.3) is 0 Å². The van der Waals surface area contributed by atoms with Gasteiger partial charge in [-0.2, -0.15) is 0 Å². The van der Waals surface area contributed by atoms with Crippen molar-refractivity contribution in [2.24, 2.45) is 11.7 Å². The van der Waals surface area contributed by atoms with Crippen LogP contribution in [0, 0.1) is 11.7 Å². The van der Waals surface area contributed by atoms with Crippen LogP contribution in [0.1, 0.15) is 42.7 Å². The van der Waals surface area contributed by atoms with Crippen LogP contribution in [0.4, 0.5) is 4.39 Å². The van der Waals surface area contributed by atoms with Gasteiger partial charge in [-0.05, 0) is 48.6 Å². The van der Waals surface area contributed by atoms with Crippen molar-refractivity contribution in [3.63, 3.8) is 0 Å². The maximum absolute atomic E-state index is 13.7. The van der Waals surface area contributed by atoms with Gasteiger partial charge in [0.25, 0.3) is 0 Å². The second-order valence-electron chi connectivity index (χ2n) is 8.02. The van der Waals surface area contributed by atoms with E-state index in [2.05, 4.69) is 12.1 Å². The summed E-state index contributed by atoms with van der Waals surface area (Å²) in [4.78, 5) is 15.7. The first-order valence-electron chi connectivity index (χ1n) is 9.94. The van der Waals surface area contributed by atoms with Gasteiger partial charge in [0.15, 0.2) is 0 Å². The molecule has 1 aliphatic heterocycles. The third kappa shape index (κ3) is 3.68. The molecule has 2 N–H and O–H groups in total. The molecule has 0 aromatic heterocycles. The van der Waals surface area contributed by atoms with Gasteiger partial charge in [0.2, 0.25) is 5.91 Å². The molecule has 28 heavy (non-hydrogen) atoms. The van der Waals surface area contributed by atoms with Crippen LogP contribution in [0.3, 0.4) is 0 Å². The van der Waals surface area contributed by atoms with Crippen molar-refractivity contribution in [1.82, 2.24) is 4.90 Å². The number of rotatable bonds is 4. The maximum atomic E-state index is 13.7. The molecule has 2 aliphatic rings. The Kier molecular flexibility index (Phi) is 6.41. The third-order valence-electron chi connectivity index (χ3n) is 6.52. The number of amides is 1. The third-order valence-corrected chi connectivity index (χ3v) is 6.52. The summed E-state index contributed by atoms with van der Waals surface area (Å²) < 4.78 is 13.4. The minimum atomic E-state index is -0.502. The van der Waals surface area contributed by atoms with Crippen molar-refractivity contribution in [3.8, 4) is 0 Å². The summed E-state index contributed by atoms with van der Waals surface area (Å²) >= 11 is 0. The molecule has 1 saturated heterocycles. The molecule has 0 spiro atoms. The zero-order chi connectivity index (χ0) is 18.9. The Hall–Kier alpha value is -1.91. The number of carbonyl (C=O) groups excluding carboxylic acids is 1. The molecule has 2 atom stereocenters. The summed E-state index contributed by atoms with van der Waals surface area (Å²) in [6, 6.07) is 16.9. The Balaban J connectivity index is 0.00000225. The lowest BCUT2D eigenvalue weighted by atomic mass is 9.77. The highest BCUT2D eigenvalue weighted by Crippen LogP contribution is 2.44. The molecule has 0 radical (unpaired) electrons. The van der Waals surface area contributed by atoms with Gasteiger partial charge < -0.3 is 10.6 Å². The van der Waals surface area contributed by atoms with E-state index in [0.717, 1.165) is 31.2 Å². The first-order chi connectivity index (χ1) is 13.1. The Morgan fingerprint density at radius 2 is 1.68 bits per heavy atom. The fraction of sp³-hybridized carbons (Fsp3) is 0.435. The minimum Gasteiger partial charge on any atom is -0.341 e. The second kappa shape index (κ2) is 8.62. The highest BCUT2D eigenvalue weighted by molar-refractivity contribution is 5.89. The van der Waals surface area contributed by atoms with Crippen LogP contribution in [0.2, 0.25) is 0 Å². The summed E-state index contributed by atoms with van der Waals surface area (Å²) in [6.07, 6.45) is 3.77. The van der Waals surface area contributed by atoms with Crippen molar-refractivity contribution in [1.29, 1.82) is 0 Å². The zero-order valence-corrected chi connectivity index (χ0v) is 16.8. The fourth-order valence-electron chi connectivity index (χ4n) is 5.03. The summed E-state index contributed by atoms with van der Waals surface area (Å²) in [6.45, 7) is 2.00. The summed E-state index contributed by atoms with van der Waals surface area (Å²) in [5.41, 5.74) is 7.77. The molecule has 1 saturated carbocycles. The molecule has 2 aromatic carbocycles. The molecule has 1 heterocycles. The summed E-state index contributed by atoms with van der Waals surface area (Å²) in [5.74, 6) is 0.506. The second-order valence-corrected chi connectivity index (χ2v) is 8.02. The van der Waals surface area contributed by atoms with Crippen LogP contribution >= 0.6 is 12.4 Å². The predicted molar refractivity (Wildman–Crippen MR) is 112 cm³/mol. The largest absolute Gasteiger partial charge is 0.341 e. The molecular weight excluding hydrogens is 375 g/mol. The van der Waals surface area contributed by atoms with E-state index in [1.165, 1.54) is 17.7 Å². The number of benzene rings is 2. The summed E-state index contributed by atoms with van der Waals surface area (Å²) in [7, 11) is 0. The van der Waals surface area contributed by atoms with Gasteiger partial charge >= 0.3 is 0 Å². The van der Waals surface area contributed by atoms with E-state index >= 15 is 0 Å². The highest BCUT2D eigenvalue weighted by atomic mass is 35.5. The Labute approximate surface area is 172 Å². The number of likely N-dealkylation sites (tertiary alicyclic amines) is 1. The molecule has 2 fully saturated rings. The molecule has 0 unspecified atom stereocenters. The van der Waals surface area contributed by atoms with Crippen molar-refractivity contribution in [2.45, 2.75) is 37.0 Å². The highest BCUT2D eigenvalue weighted by Gasteiger charge is 2.47. The first kappa shape index (κ1) is 20.8. The van der Waals surface area contributed by atoms with Crippen molar-refractivity contribution in [3.05, 3.63) is 71.5 Å². The molecule has 5 heteroatoms. The number of halogens is 2. The van der Waals surface area contributed by atoms with Crippen molar-refractivity contribution < 1.29 is 9.18 Å². The number of hydrogen-bond acceptors (Lipinski definition) is 2. The first-order valence-corrected chi connectivity index (χ1v) is 9.94. The van der Waals surface area contributed by atoms with Gasteiger partial charge in [-0.25, -0.2) is 4.39 Å². The quantitative estimate of drug-likeness (QED) is 0.830. The van der Waals surface area contributed by atoms with E-state index < -0.39 is 5.41 Å². The lowest BCUT2D eigenvalue weighted by Crippen LogP contribution is -2.44. The van der Waals surface area contributed by atoms with Crippen molar-refractivity contribution >= 4 is 18.3 Å². The summed E-state index contributed by atoms with van der Waals surface area (Å²) in [5, 5.41) is 0. The van der Waals surface area contributed by atoms with E-state index in [1.54, 1.807) is 12.1 Å². The zero-order valence-electron chi connectivity index (χ0n) is 16.0. The molecule has 2 aromatic rings. The minimum absolute atomic E-state index is 0. The molecule has 4 rings (SSSR count). The SMILES string of the molecule is Cl.NC[C@@H]1CN(C(=O)C2(c3ccc(F)cc3)CCCC2)C[C@H]1c1ccccc1. The fourth-order valence-corrected chi connectivity index (χ4v) is 5.03. The van der Waals surface area contributed by atoms with Crippen LogP contribution in [0.15, 0.2) is 54.6 Å². The monoisotopic (exact) mass is 402 g/mol. The van der Waals surface area contributed by atoms with Gasteiger partial charge in [0.05, 0.1) is 5.41 Å². The molecule has 0 bridgehead atoms. The van der Waals surface area contributed by atoms with Gasteiger partial charge in [0.1, 0.15) is 5.82 Å². The molecule has 3 nitrogen and oxygen atoms in total. The predicted octanol–water partition coefficient (Wildman–Crippen LogP) is 4.26. The van der Waals surface area contributed by atoms with E-state index in [1.807, 2.05) is 23.1 Å². The molecule has 150 valence electrons. The number of nitrogens with two attached hydrogens (primary N) is 1. The normalized spacial score (nSPS) is 23.4. The molecule has 1 amide bonds. The Morgan fingerprint density at radius 3 is 2.29 bits per heavy atom. The Morgan fingerprint density at radius 1 is 1.04 bits per heavy atom. The van der Waals surface area contributed by atoms with Gasteiger partial charge in [-0.3, -0.25) is 4.79 Å². The number of carbonyl (C=O) groups is 1. The molecular formula is C23H28ClFN2O. The standard InChI is InChI=1S/C23H27FN2O.ClH/c24-20-10-8-19(9-11-20)23(12-4-5-13-23)22(27)26-15-18(14-25)21(16-26)17-6-2-1-3-7-17;/h1-3,6-11,18,21H,4-5,12-16,25H2;1H/t18-,21+;/m1./s1. The smallest absolute Gasteiger partial charge is 0.233 e. The topological polar surface area (TPSA) is 46.3 Å². The molecule has 1 aliphatic carbocycles. The van der Waals surface area contributed by atoms with E-state index in [9.17, 15) is 9.18 Å². The van der Waals surface area contributed by atoms with Gasteiger partial charge in [0, 0.05) is 19.0 Å². The lowest BCUT2D eigenvalue weighted by Gasteiger charge is -2.33. The number of nitrogens with zero attached hydrogens (tertiary/aromatic N) is 1. The van der Waals surface area contributed by atoms with Gasteiger partial charge in [-0.15, -0.1) is 12.4 Å². The lowest BCUT2D eigenvalue weighted by molar-refractivity contribution is -0.136. The van der Waals surface area contributed by atoms with E-state index in [0.29, 0.717) is 19.6 Å². The number of hydrogen-bond donors (Lipinski definition) is 1. The van der Waals surface area contributed by atoms with E-state index in [4.69, 9.17) is 5.73 Å². The van der Waals surface area contributed by atoms with E-state index in [-0.39, 0.29) is 36.0 Å². The average molecular weight is 403 g/mol. The van der Waals surface area contributed by atoms with Crippen LogP contribution in [0.5, 0.6) is 0 Å². The van der Waals surface area contributed by atoms with Crippen LogP contribution < -0.4 is 5.73 Å². The Bertz CT molecular complexity index is 790. The van der Waals surface area contributed by atoms with Crippen molar-refractivity contribution in [2.75, 3.05) is 19.6 Å². The van der Waals surface area contributed by atoms with Gasteiger partial charge in [-0.1, -0.05) is 55.3 Å².